The molecule has 0 amide bonds. The van der Waals surface area contributed by atoms with Crippen molar-refractivity contribution < 1.29 is 9.50 Å². The Hall–Kier alpha value is -2.40. The van der Waals surface area contributed by atoms with Crippen molar-refractivity contribution in [1.29, 1.82) is 0 Å². The van der Waals surface area contributed by atoms with E-state index in [1.165, 1.54) is 6.07 Å². The van der Waals surface area contributed by atoms with Crippen molar-refractivity contribution in [3.63, 3.8) is 0 Å². The van der Waals surface area contributed by atoms with Crippen molar-refractivity contribution in [3.05, 3.63) is 71.5 Å². The molecule has 0 saturated heterocycles. The molecule has 0 radical (unpaired) electrons. The molecule has 0 aliphatic heterocycles. The largest absolute Gasteiger partial charge is 0.391 e. The predicted molar refractivity (Wildman–Crippen MR) is 95.4 cm³/mol. The van der Waals surface area contributed by atoms with Crippen LogP contribution in [0.25, 0.3) is 0 Å². The number of nitrogens with one attached hydrogen (secondary N) is 2. The zero-order valence-electron chi connectivity index (χ0n) is 13.9. The van der Waals surface area contributed by atoms with E-state index >= 15 is 0 Å². The molecule has 24 heavy (non-hydrogen) atoms. The highest BCUT2D eigenvalue weighted by Crippen LogP contribution is 2.07. The second-order valence-corrected chi connectivity index (χ2v) is 5.51. The van der Waals surface area contributed by atoms with Gasteiger partial charge >= 0.3 is 0 Å². The molecule has 2 rings (SSSR count). The summed E-state index contributed by atoms with van der Waals surface area (Å²) in [4.78, 5) is 4.37. The average Bonchev–Trinajstić information content (AvgIpc) is 2.59. The van der Waals surface area contributed by atoms with Crippen LogP contribution in [-0.4, -0.2) is 30.3 Å². The van der Waals surface area contributed by atoms with Crippen LogP contribution in [-0.2, 0) is 13.0 Å². The van der Waals surface area contributed by atoms with Crippen LogP contribution in [0.1, 0.15) is 18.1 Å². The lowest BCUT2D eigenvalue weighted by atomic mass is 10.1. The van der Waals surface area contributed by atoms with Gasteiger partial charge < -0.3 is 15.7 Å². The molecule has 0 aromatic heterocycles. The molecule has 0 saturated carbocycles. The van der Waals surface area contributed by atoms with E-state index in [0.717, 1.165) is 5.56 Å². The Bertz CT molecular complexity index is 646. The third kappa shape index (κ3) is 6.01. The highest BCUT2D eigenvalue weighted by Gasteiger charge is 2.07. The monoisotopic (exact) mass is 329 g/mol. The summed E-state index contributed by atoms with van der Waals surface area (Å²) in [6.45, 7) is 3.27. The average molecular weight is 329 g/mol. The predicted octanol–water partition coefficient (Wildman–Crippen LogP) is 2.48. The number of halogens is 1. The third-order valence-corrected chi connectivity index (χ3v) is 3.53. The number of hydrogen-bond acceptors (Lipinski definition) is 2. The van der Waals surface area contributed by atoms with Crippen LogP contribution < -0.4 is 10.6 Å². The lowest BCUT2D eigenvalue weighted by Crippen LogP contribution is -2.41. The van der Waals surface area contributed by atoms with E-state index in [0.29, 0.717) is 31.0 Å². The molecule has 2 aromatic rings. The van der Waals surface area contributed by atoms with Crippen LogP contribution in [0.15, 0.2) is 59.6 Å². The summed E-state index contributed by atoms with van der Waals surface area (Å²) in [6.07, 6.45) is 0.0466. The highest BCUT2D eigenvalue weighted by molar-refractivity contribution is 5.79. The van der Waals surface area contributed by atoms with Gasteiger partial charge in [-0.15, -0.1) is 0 Å². The molecule has 0 fully saturated rings. The second-order valence-electron chi connectivity index (χ2n) is 5.51. The van der Waals surface area contributed by atoms with Gasteiger partial charge in [0.05, 0.1) is 12.6 Å². The number of aliphatic hydroxyl groups is 1. The van der Waals surface area contributed by atoms with E-state index in [2.05, 4.69) is 15.6 Å². The van der Waals surface area contributed by atoms with Crippen LogP contribution in [0.2, 0.25) is 0 Å². The first-order chi connectivity index (χ1) is 11.7. The molecule has 0 aliphatic rings. The van der Waals surface area contributed by atoms with Gasteiger partial charge in [0.25, 0.3) is 0 Å². The second kappa shape index (κ2) is 9.67. The van der Waals surface area contributed by atoms with E-state index < -0.39 is 6.10 Å². The van der Waals surface area contributed by atoms with E-state index in [1.807, 2.05) is 37.3 Å². The van der Waals surface area contributed by atoms with Gasteiger partial charge in [0, 0.05) is 25.1 Å². The van der Waals surface area contributed by atoms with Gasteiger partial charge in [0.1, 0.15) is 5.82 Å². The van der Waals surface area contributed by atoms with Gasteiger partial charge in [-0.05, 0) is 18.6 Å². The molecule has 1 atom stereocenters. The van der Waals surface area contributed by atoms with Gasteiger partial charge in [-0.25, -0.2) is 9.38 Å². The summed E-state index contributed by atoms with van der Waals surface area (Å²) >= 11 is 0. The van der Waals surface area contributed by atoms with Crippen molar-refractivity contribution in [3.8, 4) is 0 Å². The number of rotatable bonds is 7. The molecular formula is C19H24FN3O. The molecule has 4 nitrogen and oxygen atoms in total. The molecule has 0 aliphatic carbocycles. The van der Waals surface area contributed by atoms with Crippen LogP contribution >= 0.6 is 0 Å². The zero-order valence-corrected chi connectivity index (χ0v) is 13.9. The molecule has 0 bridgehead atoms. The maximum absolute atomic E-state index is 13.6. The first kappa shape index (κ1) is 17.9. The maximum Gasteiger partial charge on any atom is 0.191 e. The van der Waals surface area contributed by atoms with Crippen LogP contribution in [0, 0.1) is 5.82 Å². The number of aliphatic imine (C=N–C) groups is 1. The third-order valence-electron chi connectivity index (χ3n) is 3.53. The smallest absolute Gasteiger partial charge is 0.191 e. The maximum atomic E-state index is 13.6. The van der Waals surface area contributed by atoms with Crippen molar-refractivity contribution in [2.75, 3.05) is 13.1 Å². The van der Waals surface area contributed by atoms with E-state index in [-0.39, 0.29) is 12.4 Å². The minimum Gasteiger partial charge on any atom is -0.391 e. The van der Waals surface area contributed by atoms with Crippen LogP contribution in [0.5, 0.6) is 0 Å². The van der Waals surface area contributed by atoms with Crippen LogP contribution in [0.3, 0.4) is 0 Å². The Labute approximate surface area is 142 Å². The summed E-state index contributed by atoms with van der Waals surface area (Å²) in [5.41, 5.74) is 1.62. The molecule has 1 unspecified atom stereocenters. The number of guanidine groups is 1. The van der Waals surface area contributed by atoms with Gasteiger partial charge in [0.2, 0.25) is 0 Å². The molecule has 5 heteroatoms. The van der Waals surface area contributed by atoms with Gasteiger partial charge in [0.15, 0.2) is 5.96 Å². The Morgan fingerprint density at radius 2 is 1.79 bits per heavy atom. The summed E-state index contributed by atoms with van der Waals surface area (Å²) in [5, 5.41) is 16.3. The Morgan fingerprint density at radius 3 is 2.50 bits per heavy atom. The normalized spacial score (nSPS) is 12.7. The van der Waals surface area contributed by atoms with Gasteiger partial charge in [-0.3, -0.25) is 0 Å². The number of aliphatic hydroxyl groups excluding tert-OH is 1. The molecule has 0 spiro atoms. The minimum atomic E-state index is -0.523. The number of hydrogen-bond donors (Lipinski definition) is 3. The lowest BCUT2D eigenvalue weighted by molar-refractivity contribution is 0.177. The molecule has 0 heterocycles. The SMILES string of the molecule is CCNC(=NCc1ccccc1F)NCC(O)Cc1ccccc1. The molecule has 128 valence electrons. The van der Waals surface area contributed by atoms with E-state index in [4.69, 9.17) is 0 Å². The quantitative estimate of drug-likeness (QED) is 0.540. The van der Waals surface area contributed by atoms with Gasteiger partial charge in [-0.1, -0.05) is 48.5 Å². The summed E-state index contributed by atoms with van der Waals surface area (Å²) in [5.74, 6) is 0.300. The van der Waals surface area contributed by atoms with Crippen LogP contribution in [0.4, 0.5) is 4.39 Å². The van der Waals surface area contributed by atoms with Crippen molar-refractivity contribution in [2.24, 2.45) is 4.99 Å². The summed E-state index contributed by atoms with van der Waals surface area (Å²) in [7, 11) is 0. The summed E-state index contributed by atoms with van der Waals surface area (Å²) in [6, 6.07) is 16.4. The number of benzene rings is 2. The minimum absolute atomic E-state index is 0.247. The van der Waals surface area contributed by atoms with E-state index in [9.17, 15) is 9.50 Å². The van der Waals surface area contributed by atoms with Crippen molar-refractivity contribution in [2.45, 2.75) is 26.0 Å². The first-order valence-electron chi connectivity index (χ1n) is 8.16. The fourth-order valence-corrected chi connectivity index (χ4v) is 2.31. The van der Waals surface area contributed by atoms with Crippen molar-refractivity contribution in [1.82, 2.24) is 10.6 Å². The fraction of sp³-hybridized carbons (Fsp3) is 0.316. The number of nitrogens with zero attached hydrogens (tertiary/aromatic N) is 1. The highest BCUT2D eigenvalue weighted by atomic mass is 19.1. The topological polar surface area (TPSA) is 56.7 Å². The molecular weight excluding hydrogens is 305 g/mol. The Kier molecular flexibility index (Phi) is 7.23. The molecule has 3 N–H and O–H groups in total. The van der Waals surface area contributed by atoms with Gasteiger partial charge in [-0.2, -0.15) is 0 Å². The summed E-state index contributed by atoms with van der Waals surface area (Å²) < 4.78 is 13.6. The molecule has 2 aromatic carbocycles. The Balaban J connectivity index is 1.88. The zero-order chi connectivity index (χ0) is 17.2. The fourth-order valence-electron chi connectivity index (χ4n) is 2.31. The van der Waals surface area contributed by atoms with Crippen molar-refractivity contribution >= 4 is 5.96 Å². The standard InChI is InChI=1S/C19H24FN3O/c1-2-21-19(22-13-16-10-6-7-11-18(16)20)23-14-17(24)12-15-8-4-3-5-9-15/h3-11,17,24H,2,12-14H2,1H3,(H2,21,22,23). The Morgan fingerprint density at radius 1 is 1.08 bits per heavy atom. The lowest BCUT2D eigenvalue weighted by Gasteiger charge is -2.15. The first-order valence-corrected chi connectivity index (χ1v) is 8.16. The van der Waals surface area contributed by atoms with E-state index in [1.54, 1.807) is 18.2 Å².